The first kappa shape index (κ1) is 14.9. The minimum atomic E-state index is -0.344. The first-order valence-corrected chi connectivity index (χ1v) is 7.92. The van der Waals surface area contributed by atoms with Gasteiger partial charge in [0.05, 0.1) is 16.3 Å². The lowest BCUT2D eigenvalue weighted by molar-refractivity contribution is 0.0946. The number of H-pyrrole nitrogens is 1. The Bertz CT molecular complexity index is 951. The SMILES string of the molecule is O=C1NCCc2[nH]c(-c3cc(-c4ccccc4F)ncc3Cl)cc21. The minimum absolute atomic E-state index is 0.0988. The molecule has 0 radical (unpaired) electrons. The van der Waals surface area contributed by atoms with Crippen molar-refractivity contribution in [2.75, 3.05) is 6.54 Å². The third-order valence-electron chi connectivity index (χ3n) is 4.10. The van der Waals surface area contributed by atoms with E-state index in [-0.39, 0.29) is 11.7 Å². The monoisotopic (exact) mass is 341 g/mol. The van der Waals surface area contributed by atoms with E-state index in [1.807, 2.05) is 0 Å². The quantitative estimate of drug-likeness (QED) is 0.744. The molecule has 0 unspecified atom stereocenters. The highest BCUT2D eigenvalue weighted by atomic mass is 35.5. The number of aromatic nitrogens is 2. The lowest BCUT2D eigenvalue weighted by Crippen LogP contribution is -2.31. The number of hydrogen-bond donors (Lipinski definition) is 2. The van der Waals surface area contributed by atoms with Crippen molar-refractivity contribution in [2.24, 2.45) is 0 Å². The summed E-state index contributed by atoms with van der Waals surface area (Å²) in [6, 6.07) is 9.96. The molecule has 1 aromatic carbocycles. The number of carbonyl (C=O) groups excluding carboxylic acids is 1. The average Bonchev–Trinajstić information content (AvgIpc) is 3.01. The van der Waals surface area contributed by atoms with E-state index in [1.165, 1.54) is 12.3 Å². The molecule has 3 aromatic rings. The van der Waals surface area contributed by atoms with E-state index in [9.17, 15) is 9.18 Å². The van der Waals surface area contributed by atoms with E-state index in [0.29, 0.717) is 34.0 Å². The summed E-state index contributed by atoms with van der Waals surface area (Å²) in [5.41, 5.74) is 3.81. The van der Waals surface area contributed by atoms with Gasteiger partial charge in [0, 0.05) is 41.7 Å². The number of aromatic amines is 1. The zero-order valence-corrected chi connectivity index (χ0v) is 13.3. The predicted octanol–water partition coefficient (Wildman–Crippen LogP) is 3.82. The fourth-order valence-corrected chi connectivity index (χ4v) is 3.11. The first-order valence-electron chi connectivity index (χ1n) is 7.54. The van der Waals surface area contributed by atoms with E-state index in [0.717, 1.165) is 17.8 Å². The van der Waals surface area contributed by atoms with Gasteiger partial charge < -0.3 is 10.3 Å². The van der Waals surface area contributed by atoms with Crippen LogP contribution in [0.3, 0.4) is 0 Å². The normalized spacial score (nSPS) is 13.5. The molecular weight excluding hydrogens is 329 g/mol. The summed E-state index contributed by atoms with van der Waals surface area (Å²) < 4.78 is 14.0. The maximum absolute atomic E-state index is 14.0. The van der Waals surface area contributed by atoms with Crippen molar-refractivity contribution < 1.29 is 9.18 Å². The number of halogens is 2. The van der Waals surface area contributed by atoms with Crippen LogP contribution < -0.4 is 5.32 Å². The molecule has 0 bridgehead atoms. The number of fused-ring (bicyclic) bond motifs is 1. The molecule has 24 heavy (non-hydrogen) atoms. The Kier molecular flexibility index (Phi) is 3.58. The van der Waals surface area contributed by atoms with Crippen LogP contribution in [0, 0.1) is 5.82 Å². The van der Waals surface area contributed by atoms with Crippen molar-refractivity contribution in [1.82, 2.24) is 15.3 Å². The Morgan fingerprint density at radius 2 is 1.96 bits per heavy atom. The van der Waals surface area contributed by atoms with Crippen LogP contribution in [0.25, 0.3) is 22.5 Å². The van der Waals surface area contributed by atoms with Gasteiger partial charge in [-0.2, -0.15) is 0 Å². The lowest BCUT2D eigenvalue weighted by atomic mass is 10.1. The molecule has 4 rings (SSSR count). The highest BCUT2D eigenvalue weighted by Gasteiger charge is 2.21. The third-order valence-corrected chi connectivity index (χ3v) is 4.40. The standard InChI is InChI=1S/C18H13ClFN3O/c19-13-9-22-16(10-3-1-2-4-14(10)20)7-11(13)17-8-12-15(23-17)5-6-21-18(12)24/h1-4,7-9,23H,5-6H2,(H,21,24). The number of hydrogen-bond acceptors (Lipinski definition) is 2. The third kappa shape index (κ3) is 2.47. The van der Waals surface area contributed by atoms with Crippen molar-refractivity contribution in [3.8, 4) is 22.5 Å². The maximum Gasteiger partial charge on any atom is 0.253 e. The molecule has 6 heteroatoms. The smallest absolute Gasteiger partial charge is 0.253 e. The summed E-state index contributed by atoms with van der Waals surface area (Å²) in [6.07, 6.45) is 2.24. The maximum atomic E-state index is 14.0. The Balaban J connectivity index is 1.83. The zero-order valence-electron chi connectivity index (χ0n) is 12.6. The van der Waals surface area contributed by atoms with Crippen LogP contribution in [0.4, 0.5) is 4.39 Å². The van der Waals surface area contributed by atoms with Gasteiger partial charge in [-0.15, -0.1) is 0 Å². The largest absolute Gasteiger partial charge is 0.358 e. The van der Waals surface area contributed by atoms with Crippen LogP contribution in [0.15, 0.2) is 42.6 Å². The second kappa shape index (κ2) is 5.76. The van der Waals surface area contributed by atoms with Crippen molar-refractivity contribution in [3.63, 3.8) is 0 Å². The number of nitrogens with zero attached hydrogens (tertiary/aromatic N) is 1. The van der Waals surface area contributed by atoms with Gasteiger partial charge in [-0.05, 0) is 24.3 Å². The molecule has 0 atom stereocenters. The van der Waals surface area contributed by atoms with Crippen LogP contribution in [0.5, 0.6) is 0 Å². The Labute approximate surface area is 142 Å². The molecule has 0 spiro atoms. The molecule has 2 N–H and O–H groups in total. The summed E-state index contributed by atoms with van der Waals surface area (Å²) in [4.78, 5) is 19.4. The second-order valence-corrected chi connectivity index (χ2v) is 6.02. The van der Waals surface area contributed by atoms with Gasteiger partial charge in [0.25, 0.3) is 5.91 Å². The van der Waals surface area contributed by atoms with Gasteiger partial charge in [-0.1, -0.05) is 23.7 Å². The number of pyridine rings is 1. The average molecular weight is 342 g/mol. The van der Waals surface area contributed by atoms with Crippen molar-refractivity contribution in [2.45, 2.75) is 6.42 Å². The molecule has 1 aliphatic rings. The van der Waals surface area contributed by atoms with Gasteiger partial charge in [-0.3, -0.25) is 9.78 Å². The molecule has 1 aliphatic heterocycles. The number of amides is 1. The van der Waals surface area contributed by atoms with Crippen molar-refractivity contribution >= 4 is 17.5 Å². The number of nitrogens with one attached hydrogen (secondary N) is 2. The van der Waals surface area contributed by atoms with E-state index in [1.54, 1.807) is 30.3 Å². The van der Waals surface area contributed by atoms with Crippen LogP contribution in [-0.2, 0) is 6.42 Å². The summed E-state index contributed by atoms with van der Waals surface area (Å²) in [6.45, 7) is 0.607. The Morgan fingerprint density at radius 1 is 1.12 bits per heavy atom. The highest BCUT2D eigenvalue weighted by molar-refractivity contribution is 6.33. The van der Waals surface area contributed by atoms with Gasteiger partial charge in [0.2, 0.25) is 0 Å². The van der Waals surface area contributed by atoms with Crippen molar-refractivity contribution in [3.05, 3.63) is 64.7 Å². The van der Waals surface area contributed by atoms with Gasteiger partial charge >= 0.3 is 0 Å². The molecule has 3 heterocycles. The summed E-state index contributed by atoms with van der Waals surface area (Å²) in [5.74, 6) is -0.443. The van der Waals surface area contributed by atoms with Gasteiger partial charge in [-0.25, -0.2) is 4.39 Å². The van der Waals surface area contributed by atoms with E-state index < -0.39 is 0 Å². The highest BCUT2D eigenvalue weighted by Crippen LogP contribution is 2.33. The van der Waals surface area contributed by atoms with Crippen LogP contribution >= 0.6 is 11.6 Å². The topological polar surface area (TPSA) is 57.8 Å². The summed E-state index contributed by atoms with van der Waals surface area (Å²) in [7, 11) is 0. The van der Waals surface area contributed by atoms with E-state index in [4.69, 9.17) is 11.6 Å². The number of rotatable bonds is 2. The predicted molar refractivity (Wildman–Crippen MR) is 90.5 cm³/mol. The second-order valence-electron chi connectivity index (χ2n) is 5.61. The molecule has 2 aromatic heterocycles. The lowest BCUT2D eigenvalue weighted by Gasteiger charge is -2.11. The number of benzene rings is 1. The fourth-order valence-electron chi connectivity index (χ4n) is 2.90. The molecule has 1 amide bonds. The molecule has 0 fully saturated rings. The van der Waals surface area contributed by atoms with Crippen LogP contribution in [0.2, 0.25) is 5.02 Å². The molecule has 0 aliphatic carbocycles. The number of carbonyl (C=O) groups is 1. The summed E-state index contributed by atoms with van der Waals surface area (Å²) in [5, 5.41) is 3.25. The minimum Gasteiger partial charge on any atom is -0.358 e. The molecule has 0 saturated carbocycles. The first-order chi connectivity index (χ1) is 11.6. The molecular formula is C18H13ClFN3O. The summed E-state index contributed by atoms with van der Waals surface area (Å²) >= 11 is 6.28. The Hall–Kier alpha value is -2.66. The molecule has 0 saturated heterocycles. The zero-order chi connectivity index (χ0) is 16.7. The van der Waals surface area contributed by atoms with Crippen molar-refractivity contribution in [1.29, 1.82) is 0 Å². The molecule has 4 nitrogen and oxygen atoms in total. The van der Waals surface area contributed by atoms with Gasteiger partial charge in [0.15, 0.2) is 0 Å². The Morgan fingerprint density at radius 3 is 2.75 bits per heavy atom. The molecule has 120 valence electrons. The van der Waals surface area contributed by atoms with E-state index in [2.05, 4.69) is 15.3 Å². The fraction of sp³-hybridized carbons (Fsp3) is 0.111. The van der Waals surface area contributed by atoms with E-state index >= 15 is 0 Å². The van der Waals surface area contributed by atoms with Crippen LogP contribution in [-0.4, -0.2) is 22.4 Å². The van der Waals surface area contributed by atoms with Gasteiger partial charge in [0.1, 0.15) is 5.82 Å². The van der Waals surface area contributed by atoms with Crippen LogP contribution in [0.1, 0.15) is 16.1 Å².